The van der Waals surface area contributed by atoms with Crippen LogP contribution in [0.5, 0.6) is 0 Å². The van der Waals surface area contributed by atoms with Crippen LogP contribution in [-0.2, 0) is 6.67 Å². The van der Waals surface area contributed by atoms with Gasteiger partial charge in [-0.15, -0.1) is 0 Å². The first-order valence-corrected chi connectivity index (χ1v) is 8.13. The summed E-state index contributed by atoms with van der Waals surface area (Å²) in [5.74, 6) is -0.908. The molecular weight excluding hydrogens is 370 g/mol. The Balaban J connectivity index is 1.83. The lowest BCUT2D eigenvalue weighted by molar-refractivity contribution is -0.164. The molecule has 2 aromatic rings. The van der Waals surface area contributed by atoms with Gasteiger partial charge in [0.1, 0.15) is 6.67 Å². The van der Waals surface area contributed by atoms with E-state index in [1.807, 2.05) is 0 Å². The Labute approximate surface area is 152 Å². The molecule has 0 bridgehead atoms. The molecule has 11 heteroatoms. The molecule has 2 aromatic heterocycles. The highest BCUT2D eigenvalue weighted by molar-refractivity contribution is 6.31. The van der Waals surface area contributed by atoms with Gasteiger partial charge >= 0.3 is 0 Å². The van der Waals surface area contributed by atoms with Crippen molar-refractivity contribution in [3.8, 4) is 0 Å². The third-order valence-corrected chi connectivity index (χ3v) is 4.67. The van der Waals surface area contributed by atoms with E-state index in [0.717, 1.165) is 5.69 Å². The average Bonchev–Trinajstić information content (AvgIpc) is 3.22. The molecule has 1 aliphatic heterocycles. The van der Waals surface area contributed by atoms with Gasteiger partial charge in [0, 0.05) is 18.3 Å². The van der Waals surface area contributed by atoms with Crippen molar-refractivity contribution in [2.75, 3.05) is 0 Å². The monoisotopic (exact) mass is 386 g/mol. The van der Waals surface area contributed by atoms with Crippen LogP contribution < -0.4 is 0 Å². The maximum absolute atomic E-state index is 13.2. The number of aryl methyl sites for hydroxylation is 1. The van der Waals surface area contributed by atoms with Crippen molar-refractivity contribution in [2.24, 2.45) is 5.10 Å². The Morgan fingerprint density at radius 1 is 1.38 bits per heavy atom. The molecule has 0 aliphatic carbocycles. The quantitative estimate of drug-likeness (QED) is 0.870. The van der Waals surface area contributed by atoms with Gasteiger partial charge in [-0.25, -0.2) is 13.5 Å². The standard InChI is InChI=1S/C15H17ClF2N6O2/c1-8-6-15(26,14(17)18)24(19-8)13(25)11-4-5-22(21-11)7-23-10(3)12(16)9(2)20-23/h4-5,14,26H,6-7H2,1-3H3. The minimum Gasteiger partial charge on any atom is -0.364 e. The Morgan fingerprint density at radius 2 is 2.08 bits per heavy atom. The number of hydrogen-bond acceptors (Lipinski definition) is 5. The van der Waals surface area contributed by atoms with Gasteiger partial charge in [0.25, 0.3) is 12.3 Å². The molecule has 8 nitrogen and oxygen atoms in total. The molecular formula is C15H17ClF2N6O2. The van der Waals surface area contributed by atoms with Crippen LogP contribution in [0.25, 0.3) is 0 Å². The number of rotatable bonds is 4. The summed E-state index contributed by atoms with van der Waals surface area (Å²) in [5.41, 5.74) is -1.14. The fraction of sp³-hybridized carbons (Fsp3) is 0.467. The molecule has 1 aliphatic rings. The second-order valence-electron chi connectivity index (χ2n) is 6.17. The van der Waals surface area contributed by atoms with E-state index < -0.39 is 24.5 Å². The summed E-state index contributed by atoms with van der Waals surface area (Å²) >= 11 is 6.09. The lowest BCUT2D eigenvalue weighted by atomic mass is 10.1. The summed E-state index contributed by atoms with van der Waals surface area (Å²) in [5, 5.41) is 23.1. The number of hydrogen-bond donors (Lipinski definition) is 1. The van der Waals surface area contributed by atoms with E-state index in [2.05, 4.69) is 15.3 Å². The maximum atomic E-state index is 13.2. The maximum Gasteiger partial charge on any atom is 0.297 e. The number of hydrazone groups is 1. The van der Waals surface area contributed by atoms with Crippen LogP contribution in [0.2, 0.25) is 5.02 Å². The molecule has 140 valence electrons. The largest absolute Gasteiger partial charge is 0.364 e. The van der Waals surface area contributed by atoms with Gasteiger partial charge in [-0.1, -0.05) is 11.6 Å². The predicted molar refractivity (Wildman–Crippen MR) is 89.2 cm³/mol. The summed E-state index contributed by atoms with van der Waals surface area (Å²) in [6.07, 6.45) is -2.07. The zero-order valence-corrected chi connectivity index (χ0v) is 15.1. The third-order valence-electron chi connectivity index (χ3n) is 4.13. The highest BCUT2D eigenvalue weighted by Gasteiger charge is 2.51. The fourth-order valence-electron chi connectivity index (χ4n) is 2.75. The molecule has 1 unspecified atom stereocenters. The Morgan fingerprint density at radius 3 is 2.65 bits per heavy atom. The Bertz CT molecular complexity index is 893. The van der Waals surface area contributed by atoms with Crippen molar-refractivity contribution < 1.29 is 18.7 Å². The van der Waals surface area contributed by atoms with Gasteiger partial charge in [-0.2, -0.15) is 20.3 Å². The minimum absolute atomic E-state index is 0.116. The number of aromatic nitrogens is 4. The summed E-state index contributed by atoms with van der Waals surface area (Å²) in [7, 11) is 0. The molecule has 1 atom stereocenters. The van der Waals surface area contributed by atoms with Crippen molar-refractivity contribution >= 4 is 23.2 Å². The second-order valence-corrected chi connectivity index (χ2v) is 6.55. The molecule has 1 amide bonds. The molecule has 0 fully saturated rings. The summed E-state index contributed by atoms with van der Waals surface area (Å²) in [4.78, 5) is 12.5. The smallest absolute Gasteiger partial charge is 0.297 e. The van der Waals surface area contributed by atoms with E-state index in [9.17, 15) is 18.7 Å². The number of alkyl halides is 2. The highest BCUT2D eigenvalue weighted by atomic mass is 35.5. The zero-order valence-electron chi connectivity index (χ0n) is 14.3. The van der Waals surface area contributed by atoms with E-state index >= 15 is 0 Å². The van der Waals surface area contributed by atoms with Crippen LogP contribution in [0, 0.1) is 13.8 Å². The van der Waals surface area contributed by atoms with Crippen LogP contribution in [0.4, 0.5) is 8.78 Å². The SMILES string of the molecule is CC1=NN(C(=O)c2ccn(Cn3nc(C)c(Cl)c3C)n2)C(O)(C(F)F)C1. The number of carbonyl (C=O) groups is 1. The van der Waals surface area contributed by atoms with Gasteiger partial charge in [0.05, 0.1) is 16.4 Å². The van der Waals surface area contributed by atoms with Crippen LogP contribution in [0.15, 0.2) is 17.4 Å². The first-order chi connectivity index (χ1) is 12.1. The first kappa shape index (κ1) is 18.5. The average molecular weight is 387 g/mol. The van der Waals surface area contributed by atoms with E-state index in [0.29, 0.717) is 15.7 Å². The van der Waals surface area contributed by atoms with Crippen molar-refractivity contribution in [1.82, 2.24) is 24.6 Å². The zero-order chi connectivity index (χ0) is 19.2. The Kier molecular flexibility index (Phi) is 4.57. The number of nitrogens with zero attached hydrogens (tertiary/aromatic N) is 6. The van der Waals surface area contributed by atoms with Crippen LogP contribution in [0.3, 0.4) is 0 Å². The topological polar surface area (TPSA) is 88.5 Å². The minimum atomic E-state index is -3.16. The lowest BCUT2D eigenvalue weighted by Gasteiger charge is -2.29. The third kappa shape index (κ3) is 2.99. The normalized spacial score (nSPS) is 20.2. The fourth-order valence-corrected chi connectivity index (χ4v) is 2.88. The summed E-state index contributed by atoms with van der Waals surface area (Å²) in [6, 6.07) is 1.37. The molecule has 1 N–H and O–H groups in total. The number of halogens is 3. The van der Waals surface area contributed by atoms with Crippen molar-refractivity contribution in [1.29, 1.82) is 0 Å². The van der Waals surface area contributed by atoms with Gasteiger partial charge in [-0.3, -0.25) is 9.48 Å². The van der Waals surface area contributed by atoms with Crippen LogP contribution in [0.1, 0.15) is 35.2 Å². The van der Waals surface area contributed by atoms with Crippen molar-refractivity contribution in [3.63, 3.8) is 0 Å². The first-order valence-electron chi connectivity index (χ1n) is 7.75. The van der Waals surface area contributed by atoms with E-state index in [1.54, 1.807) is 18.5 Å². The van der Waals surface area contributed by atoms with Crippen molar-refractivity contribution in [2.45, 2.75) is 46.0 Å². The van der Waals surface area contributed by atoms with Crippen LogP contribution in [-0.4, -0.2) is 53.4 Å². The summed E-state index contributed by atoms with van der Waals surface area (Å²) < 4.78 is 29.5. The molecule has 26 heavy (non-hydrogen) atoms. The molecule has 0 spiro atoms. The molecule has 0 saturated carbocycles. The molecule has 0 radical (unpaired) electrons. The van der Waals surface area contributed by atoms with E-state index in [1.165, 1.54) is 23.9 Å². The summed E-state index contributed by atoms with van der Waals surface area (Å²) in [6.45, 7) is 5.21. The second kappa shape index (κ2) is 6.44. The number of aliphatic hydroxyl groups is 1. The lowest BCUT2D eigenvalue weighted by Crippen LogP contribution is -2.51. The molecule has 0 saturated heterocycles. The van der Waals surface area contributed by atoms with E-state index in [4.69, 9.17) is 11.6 Å². The highest BCUT2D eigenvalue weighted by Crippen LogP contribution is 2.32. The molecule has 3 heterocycles. The van der Waals surface area contributed by atoms with Crippen molar-refractivity contribution in [3.05, 3.63) is 34.4 Å². The van der Waals surface area contributed by atoms with Crippen LogP contribution >= 0.6 is 11.6 Å². The predicted octanol–water partition coefficient (Wildman–Crippen LogP) is 2.03. The number of amides is 1. The van der Waals surface area contributed by atoms with Gasteiger partial charge in [0.15, 0.2) is 5.69 Å². The molecule has 3 rings (SSSR count). The number of carbonyl (C=O) groups excluding carboxylic acids is 1. The van der Waals surface area contributed by atoms with Gasteiger partial charge in [-0.05, 0) is 26.8 Å². The molecule has 0 aromatic carbocycles. The van der Waals surface area contributed by atoms with Gasteiger partial charge < -0.3 is 5.11 Å². The van der Waals surface area contributed by atoms with E-state index in [-0.39, 0.29) is 18.1 Å². The van der Waals surface area contributed by atoms with Gasteiger partial charge in [0.2, 0.25) is 5.72 Å². The Hall–Kier alpha value is -2.33.